The van der Waals surface area contributed by atoms with Crippen LogP contribution in [0.25, 0.3) is 11.2 Å². The Morgan fingerprint density at radius 1 is 1.24 bits per heavy atom. The molecule has 2 aromatic heterocycles. The molecule has 1 aliphatic carbocycles. The molecular formula is C21H27N6O5P. The summed E-state index contributed by atoms with van der Waals surface area (Å²) in [6.45, 7) is 4.16. The number of nitrogens with one attached hydrogen (secondary N) is 1. The molecule has 176 valence electrons. The van der Waals surface area contributed by atoms with Crippen LogP contribution in [0.1, 0.15) is 26.7 Å². The standard InChI is InChI=1S/C21H27N6O5P/c1-15(2)31-20(28)21(8-9-21)26-33(29,32-16-6-4-3-5-7-16)14-30-11-10-27-13-25-17-18(22)23-12-24-19(17)27/h3-7,12-13,15H,8-11,14H2,1-2H3,(H,26,29)(H2,22,23,24). The number of hydrogen-bond acceptors (Lipinski definition) is 9. The van der Waals surface area contributed by atoms with Crippen molar-refractivity contribution in [3.63, 3.8) is 0 Å². The van der Waals surface area contributed by atoms with E-state index in [1.165, 1.54) is 6.33 Å². The van der Waals surface area contributed by atoms with Crippen molar-refractivity contribution in [3.05, 3.63) is 43.0 Å². The Kier molecular flexibility index (Phi) is 6.64. The molecule has 33 heavy (non-hydrogen) atoms. The SMILES string of the molecule is CC(C)OC(=O)C1(NP(=O)(COCCn2cnc3c(N)ncnc32)Oc2ccccc2)CC1. The number of nitrogens with zero attached hydrogens (tertiary/aromatic N) is 4. The maximum absolute atomic E-state index is 13.7. The van der Waals surface area contributed by atoms with Crippen LogP contribution in [0.3, 0.4) is 0 Å². The van der Waals surface area contributed by atoms with Crippen LogP contribution in [-0.2, 0) is 25.4 Å². The number of benzene rings is 1. The second-order valence-corrected chi connectivity index (χ2v) is 10.1. The number of aromatic nitrogens is 4. The summed E-state index contributed by atoms with van der Waals surface area (Å²) >= 11 is 0. The zero-order valence-electron chi connectivity index (χ0n) is 18.5. The highest BCUT2D eigenvalue weighted by Gasteiger charge is 2.56. The maximum atomic E-state index is 13.7. The topological polar surface area (TPSA) is 143 Å². The molecular weight excluding hydrogens is 447 g/mol. The minimum atomic E-state index is -3.60. The second kappa shape index (κ2) is 9.46. The number of esters is 1. The van der Waals surface area contributed by atoms with Crippen molar-refractivity contribution in [2.75, 3.05) is 18.7 Å². The van der Waals surface area contributed by atoms with E-state index in [2.05, 4.69) is 20.0 Å². The van der Waals surface area contributed by atoms with Crippen molar-refractivity contribution >= 4 is 30.5 Å². The summed E-state index contributed by atoms with van der Waals surface area (Å²) < 4.78 is 32.4. The smallest absolute Gasteiger partial charge is 0.342 e. The summed E-state index contributed by atoms with van der Waals surface area (Å²) in [5.41, 5.74) is 5.89. The molecule has 11 nitrogen and oxygen atoms in total. The number of ether oxygens (including phenoxy) is 2. The van der Waals surface area contributed by atoms with E-state index in [1.807, 2.05) is 6.07 Å². The van der Waals surface area contributed by atoms with Crippen molar-refractivity contribution in [2.45, 2.75) is 44.9 Å². The highest BCUT2D eigenvalue weighted by molar-refractivity contribution is 7.57. The van der Waals surface area contributed by atoms with Gasteiger partial charge in [-0.15, -0.1) is 0 Å². The van der Waals surface area contributed by atoms with Crippen LogP contribution in [0.5, 0.6) is 5.75 Å². The summed E-state index contributed by atoms with van der Waals surface area (Å²) in [4.78, 5) is 24.9. The third kappa shape index (κ3) is 5.50. The van der Waals surface area contributed by atoms with Crippen LogP contribution in [0.2, 0.25) is 0 Å². The fraction of sp³-hybridized carbons (Fsp3) is 0.429. The van der Waals surface area contributed by atoms with Crippen LogP contribution in [-0.4, -0.2) is 50.1 Å². The lowest BCUT2D eigenvalue weighted by Crippen LogP contribution is -2.41. The summed E-state index contributed by atoms with van der Waals surface area (Å²) in [5, 5.41) is 2.94. The lowest BCUT2D eigenvalue weighted by molar-refractivity contribution is -0.150. The highest BCUT2D eigenvalue weighted by atomic mass is 31.2. The number of carbonyl (C=O) groups is 1. The average molecular weight is 474 g/mol. The molecule has 0 amide bonds. The minimum Gasteiger partial charge on any atom is -0.462 e. The molecule has 4 rings (SSSR count). The number of carbonyl (C=O) groups excluding carboxylic acids is 1. The van der Waals surface area contributed by atoms with Crippen LogP contribution in [0.15, 0.2) is 43.0 Å². The molecule has 0 radical (unpaired) electrons. The molecule has 3 N–H and O–H groups in total. The molecule has 12 heteroatoms. The Morgan fingerprint density at radius 3 is 2.70 bits per heavy atom. The Balaban J connectivity index is 1.43. The zero-order chi connectivity index (χ0) is 23.5. The molecule has 0 spiro atoms. The van der Waals surface area contributed by atoms with E-state index >= 15 is 0 Å². The van der Waals surface area contributed by atoms with Crippen molar-refractivity contribution in [1.29, 1.82) is 0 Å². The van der Waals surface area contributed by atoms with Gasteiger partial charge in [-0.2, -0.15) is 0 Å². The molecule has 0 bridgehead atoms. The normalized spacial score (nSPS) is 16.5. The number of nitrogens with two attached hydrogens (primary N) is 1. The van der Waals surface area contributed by atoms with Crippen molar-refractivity contribution in [2.24, 2.45) is 0 Å². The largest absolute Gasteiger partial charge is 0.462 e. The molecule has 2 heterocycles. The number of hydrogen-bond donors (Lipinski definition) is 2. The van der Waals surface area contributed by atoms with E-state index in [0.29, 0.717) is 42.1 Å². The molecule has 3 aromatic rings. The van der Waals surface area contributed by atoms with Gasteiger partial charge in [-0.1, -0.05) is 18.2 Å². The van der Waals surface area contributed by atoms with Gasteiger partial charge in [0.25, 0.3) is 0 Å². The third-order valence-corrected chi connectivity index (χ3v) is 6.83. The maximum Gasteiger partial charge on any atom is 0.342 e. The average Bonchev–Trinajstić information content (AvgIpc) is 3.42. The van der Waals surface area contributed by atoms with Gasteiger partial charge in [0.05, 0.1) is 19.0 Å². The van der Waals surface area contributed by atoms with Crippen LogP contribution in [0, 0.1) is 0 Å². The van der Waals surface area contributed by atoms with Crippen molar-refractivity contribution in [3.8, 4) is 5.75 Å². The Labute approximate surface area is 191 Å². The van der Waals surface area contributed by atoms with Gasteiger partial charge in [-0.3, -0.25) is 9.36 Å². The van der Waals surface area contributed by atoms with Gasteiger partial charge in [-0.25, -0.2) is 20.0 Å². The third-order valence-electron chi connectivity index (χ3n) is 5.03. The molecule has 0 aliphatic heterocycles. The van der Waals surface area contributed by atoms with E-state index < -0.39 is 19.0 Å². The first kappa shape index (κ1) is 23.2. The first-order valence-electron chi connectivity index (χ1n) is 10.6. The highest BCUT2D eigenvalue weighted by Crippen LogP contribution is 2.51. The van der Waals surface area contributed by atoms with E-state index in [4.69, 9.17) is 19.7 Å². The summed E-state index contributed by atoms with van der Waals surface area (Å²) in [5.74, 6) is 0.280. The molecule has 0 saturated heterocycles. The van der Waals surface area contributed by atoms with Crippen molar-refractivity contribution < 1.29 is 23.4 Å². The lowest BCUT2D eigenvalue weighted by atomic mass is 10.3. The number of para-hydroxylation sites is 1. The van der Waals surface area contributed by atoms with E-state index in [9.17, 15) is 9.36 Å². The van der Waals surface area contributed by atoms with E-state index in [1.54, 1.807) is 49.0 Å². The number of imidazole rings is 1. The monoisotopic (exact) mass is 474 g/mol. The predicted octanol–water partition coefficient (Wildman–Crippen LogP) is 2.73. The Hall–Kier alpha value is -3.01. The zero-order valence-corrected chi connectivity index (χ0v) is 19.4. The van der Waals surface area contributed by atoms with Gasteiger partial charge in [0.2, 0.25) is 0 Å². The lowest BCUT2D eigenvalue weighted by Gasteiger charge is -2.25. The molecule has 1 saturated carbocycles. The van der Waals surface area contributed by atoms with Gasteiger partial charge < -0.3 is 24.3 Å². The fourth-order valence-electron chi connectivity index (χ4n) is 3.28. The molecule has 1 aliphatic rings. The second-order valence-electron chi connectivity index (χ2n) is 8.13. The summed E-state index contributed by atoms with van der Waals surface area (Å²) in [6.07, 6.45) is 3.49. The van der Waals surface area contributed by atoms with Gasteiger partial charge in [0.15, 0.2) is 11.5 Å². The summed E-state index contributed by atoms with van der Waals surface area (Å²) in [7, 11) is -3.60. The van der Waals surface area contributed by atoms with Gasteiger partial charge in [-0.05, 0) is 38.8 Å². The van der Waals surface area contributed by atoms with E-state index in [-0.39, 0.29) is 19.1 Å². The van der Waals surface area contributed by atoms with Gasteiger partial charge in [0.1, 0.15) is 29.5 Å². The van der Waals surface area contributed by atoms with Crippen LogP contribution >= 0.6 is 7.52 Å². The van der Waals surface area contributed by atoms with E-state index in [0.717, 1.165) is 0 Å². The number of anilines is 1. The number of nitrogen functional groups attached to an aromatic ring is 1. The van der Waals surface area contributed by atoms with Crippen LogP contribution in [0.4, 0.5) is 5.82 Å². The van der Waals surface area contributed by atoms with Gasteiger partial charge in [0, 0.05) is 6.54 Å². The Bertz CT molecular complexity index is 1160. The molecule has 1 aromatic carbocycles. The first-order chi connectivity index (χ1) is 15.8. The Morgan fingerprint density at radius 2 is 2.00 bits per heavy atom. The molecule has 1 unspecified atom stereocenters. The predicted molar refractivity (Wildman–Crippen MR) is 122 cm³/mol. The van der Waals surface area contributed by atoms with Crippen LogP contribution < -0.4 is 15.3 Å². The van der Waals surface area contributed by atoms with Crippen molar-refractivity contribution in [1.82, 2.24) is 24.6 Å². The quantitative estimate of drug-likeness (QED) is 0.242. The summed E-state index contributed by atoms with van der Waals surface area (Å²) in [6, 6.07) is 8.77. The molecule has 1 fully saturated rings. The fourth-order valence-corrected chi connectivity index (χ4v) is 5.24. The molecule has 1 atom stereocenters. The first-order valence-corrected chi connectivity index (χ1v) is 12.4. The number of rotatable bonds is 11. The minimum absolute atomic E-state index is 0.211. The van der Waals surface area contributed by atoms with Gasteiger partial charge >= 0.3 is 13.5 Å². The number of fused-ring (bicyclic) bond motifs is 1.